The summed E-state index contributed by atoms with van der Waals surface area (Å²) in [7, 11) is 0. The molecule has 0 aliphatic heterocycles. The molecule has 0 atom stereocenters. The summed E-state index contributed by atoms with van der Waals surface area (Å²) < 4.78 is 6.26. The molecule has 0 spiro atoms. The molecule has 17 heavy (non-hydrogen) atoms. The van der Waals surface area contributed by atoms with Crippen LogP contribution in [0, 0.1) is 0 Å². The summed E-state index contributed by atoms with van der Waals surface area (Å²) in [4.78, 5) is 21.5. The molecule has 5 nitrogen and oxygen atoms in total. The number of carbonyl (C=O) groups excluding carboxylic acids is 1. The van der Waals surface area contributed by atoms with Crippen molar-refractivity contribution in [2.24, 2.45) is 0 Å². The van der Waals surface area contributed by atoms with Gasteiger partial charge in [-0.05, 0) is 34.1 Å². The van der Waals surface area contributed by atoms with Crippen molar-refractivity contribution in [2.75, 3.05) is 18.5 Å². The zero-order chi connectivity index (χ0) is 12.8. The molecule has 92 valence electrons. The molecule has 0 saturated carbocycles. The number of amides is 1. The molecular formula is C10H9Br2NO4. The number of anilines is 1. The highest BCUT2D eigenvalue weighted by Gasteiger charge is 2.07. The fourth-order valence-corrected chi connectivity index (χ4v) is 2.15. The lowest BCUT2D eigenvalue weighted by atomic mass is 10.3. The topological polar surface area (TPSA) is 75.6 Å². The SMILES string of the molecule is O=C(O)COCC(=O)Nc1ccc(Br)cc1Br. The van der Waals surface area contributed by atoms with E-state index < -0.39 is 18.5 Å². The van der Waals surface area contributed by atoms with Crippen molar-refractivity contribution in [3.63, 3.8) is 0 Å². The fraction of sp³-hybridized carbons (Fsp3) is 0.200. The van der Waals surface area contributed by atoms with Crippen molar-refractivity contribution < 1.29 is 19.4 Å². The van der Waals surface area contributed by atoms with E-state index in [0.29, 0.717) is 5.69 Å². The first kappa shape index (κ1) is 14.1. The minimum atomic E-state index is -1.11. The molecule has 0 aliphatic carbocycles. The highest BCUT2D eigenvalue weighted by atomic mass is 79.9. The molecular weight excluding hydrogens is 358 g/mol. The van der Waals surface area contributed by atoms with Gasteiger partial charge in [0.05, 0.1) is 5.69 Å². The van der Waals surface area contributed by atoms with E-state index in [1.165, 1.54) is 0 Å². The number of rotatable bonds is 5. The summed E-state index contributed by atoms with van der Waals surface area (Å²) >= 11 is 6.58. The van der Waals surface area contributed by atoms with Crippen molar-refractivity contribution in [3.8, 4) is 0 Å². The Bertz CT molecular complexity index is 436. The monoisotopic (exact) mass is 365 g/mol. The maximum atomic E-state index is 11.4. The summed E-state index contributed by atoms with van der Waals surface area (Å²) in [5.74, 6) is -1.52. The van der Waals surface area contributed by atoms with Gasteiger partial charge in [0.15, 0.2) is 0 Å². The lowest BCUT2D eigenvalue weighted by Crippen LogP contribution is -2.20. The van der Waals surface area contributed by atoms with E-state index in [1.54, 1.807) is 18.2 Å². The van der Waals surface area contributed by atoms with Gasteiger partial charge in [0, 0.05) is 8.95 Å². The Labute approximate surface area is 114 Å². The minimum Gasteiger partial charge on any atom is -0.480 e. The highest BCUT2D eigenvalue weighted by Crippen LogP contribution is 2.25. The van der Waals surface area contributed by atoms with Crippen molar-refractivity contribution >= 4 is 49.4 Å². The maximum absolute atomic E-state index is 11.4. The molecule has 0 fully saturated rings. The van der Waals surface area contributed by atoms with Crippen molar-refractivity contribution in [1.29, 1.82) is 0 Å². The first-order valence-corrected chi connectivity index (χ1v) is 6.12. The summed E-state index contributed by atoms with van der Waals surface area (Å²) in [6.07, 6.45) is 0. The quantitative estimate of drug-likeness (QED) is 0.838. The van der Waals surface area contributed by atoms with Gasteiger partial charge < -0.3 is 15.2 Å². The van der Waals surface area contributed by atoms with Gasteiger partial charge in [-0.25, -0.2) is 4.79 Å². The smallest absolute Gasteiger partial charge is 0.329 e. The van der Waals surface area contributed by atoms with E-state index in [2.05, 4.69) is 41.9 Å². The van der Waals surface area contributed by atoms with Gasteiger partial charge in [-0.1, -0.05) is 15.9 Å². The molecule has 0 radical (unpaired) electrons. The second-order valence-corrected chi connectivity index (χ2v) is 4.83. The van der Waals surface area contributed by atoms with Gasteiger partial charge in [-0.3, -0.25) is 4.79 Å². The van der Waals surface area contributed by atoms with E-state index >= 15 is 0 Å². The molecule has 0 aromatic heterocycles. The molecule has 1 rings (SSSR count). The molecule has 0 bridgehead atoms. The lowest BCUT2D eigenvalue weighted by Gasteiger charge is -2.07. The molecule has 0 unspecified atom stereocenters. The standard InChI is InChI=1S/C10H9Br2NO4/c11-6-1-2-8(7(12)3-6)13-9(14)4-17-5-10(15)16/h1-3H,4-5H2,(H,13,14)(H,15,16). The third-order valence-electron chi connectivity index (χ3n) is 1.66. The zero-order valence-corrected chi connectivity index (χ0v) is 11.7. The summed E-state index contributed by atoms with van der Waals surface area (Å²) in [5.41, 5.74) is 0.595. The largest absolute Gasteiger partial charge is 0.480 e. The van der Waals surface area contributed by atoms with Crippen molar-refractivity contribution in [3.05, 3.63) is 27.1 Å². The van der Waals surface area contributed by atoms with E-state index in [0.717, 1.165) is 8.95 Å². The molecule has 0 heterocycles. The van der Waals surface area contributed by atoms with Crippen LogP contribution in [0.3, 0.4) is 0 Å². The van der Waals surface area contributed by atoms with Gasteiger partial charge in [-0.15, -0.1) is 0 Å². The number of benzene rings is 1. The molecule has 1 amide bonds. The number of carboxylic acids is 1. The number of halogens is 2. The Morgan fingerprint density at radius 1 is 1.29 bits per heavy atom. The van der Waals surface area contributed by atoms with Crippen LogP contribution in [-0.4, -0.2) is 30.2 Å². The van der Waals surface area contributed by atoms with E-state index in [-0.39, 0.29) is 6.61 Å². The number of carboxylic acid groups (broad SMARTS) is 1. The van der Waals surface area contributed by atoms with Crippen LogP contribution in [0.2, 0.25) is 0 Å². The van der Waals surface area contributed by atoms with Crippen LogP contribution in [0.5, 0.6) is 0 Å². The van der Waals surface area contributed by atoms with Gasteiger partial charge in [0.25, 0.3) is 0 Å². The number of aliphatic carboxylic acids is 1. The molecule has 7 heteroatoms. The first-order valence-electron chi connectivity index (χ1n) is 4.53. The maximum Gasteiger partial charge on any atom is 0.329 e. The Morgan fingerprint density at radius 3 is 2.59 bits per heavy atom. The average Bonchev–Trinajstić information content (AvgIpc) is 2.21. The van der Waals surface area contributed by atoms with Crippen LogP contribution in [0.4, 0.5) is 5.69 Å². The van der Waals surface area contributed by atoms with E-state index in [9.17, 15) is 9.59 Å². The van der Waals surface area contributed by atoms with Gasteiger partial charge >= 0.3 is 5.97 Å². The third-order valence-corrected chi connectivity index (χ3v) is 2.81. The number of carbonyl (C=O) groups is 2. The van der Waals surface area contributed by atoms with Crippen LogP contribution < -0.4 is 5.32 Å². The predicted molar refractivity (Wildman–Crippen MR) is 68.9 cm³/mol. The zero-order valence-electron chi connectivity index (χ0n) is 8.57. The van der Waals surface area contributed by atoms with Crippen LogP contribution in [-0.2, 0) is 14.3 Å². The lowest BCUT2D eigenvalue weighted by molar-refractivity contribution is -0.143. The Kier molecular flexibility index (Phi) is 5.60. The Balaban J connectivity index is 2.48. The summed E-state index contributed by atoms with van der Waals surface area (Å²) in [5, 5.41) is 10.9. The number of hydrogen-bond acceptors (Lipinski definition) is 3. The Hall–Kier alpha value is -0.920. The van der Waals surface area contributed by atoms with Crippen LogP contribution in [0.25, 0.3) is 0 Å². The van der Waals surface area contributed by atoms with Crippen molar-refractivity contribution in [1.82, 2.24) is 0 Å². The van der Waals surface area contributed by atoms with Crippen LogP contribution in [0.1, 0.15) is 0 Å². The summed E-state index contributed by atoms with van der Waals surface area (Å²) in [6.45, 7) is -0.788. The first-order chi connectivity index (χ1) is 7.99. The normalized spacial score (nSPS) is 10.0. The van der Waals surface area contributed by atoms with Crippen LogP contribution in [0.15, 0.2) is 27.1 Å². The number of ether oxygens (including phenoxy) is 1. The van der Waals surface area contributed by atoms with E-state index in [4.69, 9.17) is 5.11 Å². The predicted octanol–water partition coefficient (Wildman–Crippen LogP) is 2.25. The second-order valence-electron chi connectivity index (χ2n) is 3.06. The minimum absolute atomic E-state index is 0.297. The second kappa shape index (κ2) is 6.73. The van der Waals surface area contributed by atoms with Crippen LogP contribution >= 0.6 is 31.9 Å². The third kappa shape index (κ3) is 5.29. The highest BCUT2D eigenvalue weighted by molar-refractivity contribution is 9.11. The van der Waals surface area contributed by atoms with Gasteiger partial charge in [-0.2, -0.15) is 0 Å². The summed E-state index contributed by atoms with van der Waals surface area (Å²) in [6, 6.07) is 5.27. The molecule has 1 aromatic rings. The van der Waals surface area contributed by atoms with Gasteiger partial charge in [0.2, 0.25) is 5.91 Å². The molecule has 2 N–H and O–H groups in total. The average molecular weight is 367 g/mol. The van der Waals surface area contributed by atoms with Gasteiger partial charge in [0.1, 0.15) is 13.2 Å². The molecule has 0 aliphatic rings. The fourth-order valence-electron chi connectivity index (χ4n) is 1.01. The number of hydrogen-bond donors (Lipinski definition) is 2. The number of nitrogens with one attached hydrogen (secondary N) is 1. The molecule has 1 aromatic carbocycles. The Morgan fingerprint density at radius 2 is 2.00 bits per heavy atom. The van der Waals surface area contributed by atoms with Crippen molar-refractivity contribution in [2.45, 2.75) is 0 Å². The van der Waals surface area contributed by atoms with E-state index in [1.807, 2.05) is 0 Å². The molecule has 0 saturated heterocycles.